The third-order valence-electron chi connectivity index (χ3n) is 3.90. The van der Waals surface area contributed by atoms with E-state index in [1.54, 1.807) is 19.1 Å². The van der Waals surface area contributed by atoms with Crippen molar-refractivity contribution in [1.29, 1.82) is 0 Å². The predicted octanol–water partition coefficient (Wildman–Crippen LogP) is 3.70. The standard InChI is InChI=1S/C18H33O5P/c1-5-22-17-13-10-14-18(24(19,20,21)23-6-2)16(17)12-9-7-8-11-15(3)4/h10,13-15,19-21H,5-9,11-12H2,1-4H3. The molecule has 0 saturated heterocycles. The Morgan fingerprint density at radius 2 is 1.71 bits per heavy atom. The molecule has 0 aliphatic heterocycles. The number of benzene rings is 1. The van der Waals surface area contributed by atoms with E-state index in [9.17, 15) is 14.7 Å². The zero-order valence-electron chi connectivity index (χ0n) is 15.4. The van der Waals surface area contributed by atoms with Crippen LogP contribution in [0.15, 0.2) is 18.2 Å². The molecule has 24 heavy (non-hydrogen) atoms. The molecule has 0 bridgehead atoms. The molecule has 0 heterocycles. The third-order valence-corrected chi connectivity index (χ3v) is 5.90. The second-order valence-electron chi connectivity index (χ2n) is 6.50. The Balaban J connectivity index is 3.01. The summed E-state index contributed by atoms with van der Waals surface area (Å²) in [7, 11) is -5.33. The van der Waals surface area contributed by atoms with Gasteiger partial charge in [0, 0.05) is 0 Å². The van der Waals surface area contributed by atoms with E-state index in [0.717, 1.165) is 19.3 Å². The molecule has 5 nitrogen and oxygen atoms in total. The maximum atomic E-state index is 10.4. The van der Waals surface area contributed by atoms with Gasteiger partial charge in [0.05, 0.1) is 0 Å². The van der Waals surface area contributed by atoms with Crippen molar-refractivity contribution < 1.29 is 23.9 Å². The molecule has 0 radical (unpaired) electrons. The van der Waals surface area contributed by atoms with Gasteiger partial charge in [-0.1, -0.05) is 0 Å². The molecule has 0 aliphatic carbocycles. The fraction of sp³-hybridized carbons (Fsp3) is 0.667. The molecular weight excluding hydrogens is 327 g/mol. The first kappa shape index (κ1) is 21.3. The van der Waals surface area contributed by atoms with E-state index in [4.69, 9.17) is 9.26 Å². The van der Waals surface area contributed by atoms with Gasteiger partial charge in [-0.25, -0.2) is 0 Å². The second kappa shape index (κ2) is 9.12. The molecular formula is C18H33O5P. The van der Waals surface area contributed by atoms with Gasteiger partial charge in [-0.05, 0) is 0 Å². The summed E-state index contributed by atoms with van der Waals surface area (Å²) in [5, 5.41) is 0.0534. The number of hydrogen-bond acceptors (Lipinski definition) is 5. The average molecular weight is 360 g/mol. The van der Waals surface area contributed by atoms with E-state index in [0.29, 0.717) is 30.3 Å². The number of ether oxygens (including phenoxy) is 1. The van der Waals surface area contributed by atoms with E-state index >= 15 is 0 Å². The Morgan fingerprint density at radius 3 is 2.29 bits per heavy atom. The van der Waals surface area contributed by atoms with Crippen molar-refractivity contribution in [3.05, 3.63) is 23.8 Å². The number of hydrogen-bond donors (Lipinski definition) is 3. The molecule has 0 saturated carbocycles. The first-order valence-corrected chi connectivity index (χ1v) is 10.9. The van der Waals surface area contributed by atoms with Crippen LogP contribution in [0.3, 0.4) is 0 Å². The van der Waals surface area contributed by atoms with Gasteiger partial charge in [-0.15, -0.1) is 0 Å². The maximum absolute atomic E-state index is 10.4. The van der Waals surface area contributed by atoms with Gasteiger partial charge in [0.15, 0.2) is 0 Å². The summed E-state index contributed by atoms with van der Waals surface area (Å²) in [6, 6.07) is 4.94. The molecule has 0 aromatic heterocycles. The van der Waals surface area contributed by atoms with Crippen molar-refractivity contribution in [3.63, 3.8) is 0 Å². The minimum atomic E-state index is -5.33. The van der Waals surface area contributed by atoms with E-state index < -0.39 is 7.51 Å². The van der Waals surface area contributed by atoms with Gasteiger partial charge < -0.3 is 0 Å². The van der Waals surface area contributed by atoms with Crippen molar-refractivity contribution in [2.24, 2.45) is 5.92 Å². The summed E-state index contributed by atoms with van der Waals surface area (Å²) in [6.45, 7) is 8.37. The van der Waals surface area contributed by atoms with Crippen molar-refractivity contribution in [2.45, 2.75) is 59.8 Å². The van der Waals surface area contributed by atoms with Crippen LogP contribution in [0.1, 0.15) is 58.9 Å². The van der Waals surface area contributed by atoms with Crippen LogP contribution in [0.4, 0.5) is 0 Å². The quantitative estimate of drug-likeness (QED) is 0.414. The molecule has 0 amide bonds. The van der Waals surface area contributed by atoms with E-state index in [1.165, 1.54) is 12.5 Å². The van der Waals surface area contributed by atoms with Gasteiger partial charge >= 0.3 is 145 Å². The van der Waals surface area contributed by atoms with Gasteiger partial charge in [0.2, 0.25) is 0 Å². The van der Waals surface area contributed by atoms with Crippen molar-refractivity contribution >= 4 is 12.8 Å². The zero-order valence-corrected chi connectivity index (χ0v) is 16.3. The van der Waals surface area contributed by atoms with Gasteiger partial charge in [0.1, 0.15) is 0 Å². The number of rotatable bonds is 11. The first-order valence-electron chi connectivity index (χ1n) is 8.86. The molecule has 0 unspecified atom stereocenters. The SMILES string of the molecule is CCOc1cccc(P(O)(O)(O)OCC)c1CCCCCC(C)C. The summed E-state index contributed by atoms with van der Waals surface area (Å²) in [5.74, 6) is 1.26. The van der Waals surface area contributed by atoms with E-state index in [2.05, 4.69) is 13.8 Å². The second-order valence-corrected chi connectivity index (χ2v) is 9.05. The third kappa shape index (κ3) is 6.30. The van der Waals surface area contributed by atoms with Crippen LogP contribution in [0.5, 0.6) is 5.75 Å². The van der Waals surface area contributed by atoms with Crippen molar-refractivity contribution in [2.75, 3.05) is 13.2 Å². The molecule has 0 fully saturated rings. The van der Waals surface area contributed by atoms with Crippen LogP contribution in [0.2, 0.25) is 0 Å². The Kier molecular flexibility index (Phi) is 8.10. The molecule has 0 spiro atoms. The van der Waals surface area contributed by atoms with E-state index in [1.807, 2.05) is 6.92 Å². The topological polar surface area (TPSA) is 79.2 Å². The average Bonchev–Trinajstić information content (AvgIpc) is 2.47. The first-order chi connectivity index (χ1) is 11.2. The Hall–Kier alpha value is -0.710. The van der Waals surface area contributed by atoms with Crippen LogP contribution >= 0.6 is 7.51 Å². The molecule has 0 atom stereocenters. The summed E-state index contributed by atoms with van der Waals surface area (Å²) >= 11 is 0. The summed E-state index contributed by atoms with van der Waals surface area (Å²) in [4.78, 5) is 31.1. The molecule has 6 heteroatoms. The fourth-order valence-corrected chi connectivity index (χ4v) is 4.46. The molecule has 140 valence electrons. The fourth-order valence-electron chi connectivity index (χ4n) is 2.80. The van der Waals surface area contributed by atoms with Gasteiger partial charge in [-0.2, -0.15) is 0 Å². The van der Waals surface area contributed by atoms with Crippen LogP contribution in [0, 0.1) is 5.92 Å². The Labute approximate surface area is 145 Å². The Morgan fingerprint density at radius 1 is 1.00 bits per heavy atom. The van der Waals surface area contributed by atoms with Crippen LogP contribution < -0.4 is 10.0 Å². The molecule has 1 aromatic carbocycles. The van der Waals surface area contributed by atoms with Crippen molar-refractivity contribution in [3.8, 4) is 5.75 Å². The monoisotopic (exact) mass is 360 g/mol. The molecule has 0 aliphatic rings. The summed E-state index contributed by atoms with van der Waals surface area (Å²) in [5.41, 5.74) is 0.627. The minimum absolute atomic E-state index is 0.00795. The number of unbranched alkanes of at least 4 members (excludes halogenated alkanes) is 2. The van der Waals surface area contributed by atoms with Crippen LogP contribution in [-0.2, 0) is 10.9 Å². The van der Waals surface area contributed by atoms with E-state index in [-0.39, 0.29) is 11.9 Å². The molecule has 1 rings (SSSR count). The molecule has 3 N–H and O–H groups in total. The van der Waals surface area contributed by atoms with Gasteiger partial charge in [0.25, 0.3) is 0 Å². The summed E-state index contributed by atoms with van der Waals surface area (Å²) in [6.07, 6.45) is 4.86. The van der Waals surface area contributed by atoms with Crippen LogP contribution in [0.25, 0.3) is 0 Å². The molecule has 1 aromatic rings. The van der Waals surface area contributed by atoms with Gasteiger partial charge in [-0.3, -0.25) is 0 Å². The van der Waals surface area contributed by atoms with Crippen molar-refractivity contribution in [1.82, 2.24) is 0 Å². The predicted molar refractivity (Wildman–Crippen MR) is 99.5 cm³/mol. The normalized spacial score (nSPS) is 13.8. The van der Waals surface area contributed by atoms with Crippen LogP contribution in [-0.4, -0.2) is 27.9 Å². The summed E-state index contributed by atoms with van der Waals surface area (Å²) < 4.78 is 10.6. The zero-order chi connectivity index (χ0) is 18.2. The Bertz CT molecular complexity index is 508.